The van der Waals surface area contributed by atoms with Crippen molar-refractivity contribution in [1.29, 1.82) is 5.41 Å². The van der Waals surface area contributed by atoms with Crippen LogP contribution in [0.3, 0.4) is 0 Å². The summed E-state index contributed by atoms with van der Waals surface area (Å²) >= 11 is 4.19. The number of allylic oxidation sites excluding steroid dienone is 1. The summed E-state index contributed by atoms with van der Waals surface area (Å²) in [6.45, 7) is 0.644. The van der Waals surface area contributed by atoms with Gasteiger partial charge in [0.15, 0.2) is 0 Å². The number of nitrogen functional groups attached to an aromatic ring is 1. The minimum absolute atomic E-state index is 0.620. The van der Waals surface area contributed by atoms with E-state index >= 15 is 0 Å². The monoisotopic (exact) mass is 353 g/mol. The Morgan fingerprint density at radius 1 is 1.28 bits per heavy atom. The number of anilines is 1. The predicted molar refractivity (Wildman–Crippen MR) is 110 cm³/mol. The van der Waals surface area contributed by atoms with Gasteiger partial charge in [0.2, 0.25) is 0 Å². The van der Waals surface area contributed by atoms with Gasteiger partial charge in [0.05, 0.1) is 11.2 Å². The zero-order valence-electron chi connectivity index (χ0n) is 14.1. The Kier molecular flexibility index (Phi) is 5.38. The zero-order valence-corrected chi connectivity index (χ0v) is 15.0. The van der Waals surface area contributed by atoms with E-state index in [0.717, 1.165) is 53.4 Å². The molecule has 5 N–H and O–H groups in total. The third-order valence-corrected chi connectivity index (χ3v) is 4.80. The van der Waals surface area contributed by atoms with Gasteiger partial charge in [-0.15, -0.1) is 0 Å². The van der Waals surface area contributed by atoms with Crippen molar-refractivity contribution in [3.05, 3.63) is 40.7 Å². The molecule has 1 aliphatic carbocycles. The van der Waals surface area contributed by atoms with Gasteiger partial charge in [0.25, 0.3) is 0 Å². The molecule has 6 heteroatoms. The molecule has 130 valence electrons. The molecule has 1 aromatic heterocycles. The summed E-state index contributed by atoms with van der Waals surface area (Å²) < 4.78 is 0. The second-order valence-corrected chi connectivity index (χ2v) is 6.56. The van der Waals surface area contributed by atoms with Gasteiger partial charge in [-0.05, 0) is 48.9 Å². The third kappa shape index (κ3) is 3.26. The number of nitrogens with zero attached hydrogens (tertiary/aromatic N) is 2. The van der Waals surface area contributed by atoms with Crippen molar-refractivity contribution < 1.29 is 0 Å². The first-order valence-electron chi connectivity index (χ1n) is 8.48. The van der Waals surface area contributed by atoms with E-state index in [4.69, 9.17) is 21.9 Å². The molecule has 0 saturated carbocycles. The van der Waals surface area contributed by atoms with Crippen LogP contribution in [0, 0.1) is 5.41 Å². The van der Waals surface area contributed by atoms with E-state index in [1.807, 2.05) is 12.1 Å². The molecule has 0 bridgehead atoms. The Balaban J connectivity index is 2.28. The number of hydrogen-bond donors (Lipinski definition) is 4. The molecule has 25 heavy (non-hydrogen) atoms. The van der Waals surface area contributed by atoms with Crippen molar-refractivity contribution in [1.82, 2.24) is 4.98 Å². The molecule has 0 unspecified atom stereocenters. The number of nitrogens with two attached hydrogens (primary N) is 2. The van der Waals surface area contributed by atoms with Crippen LogP contribution in [0.5, 0.6) is 0 Å². The number of rotatable bonds is 5. The molecule has 0 atom stereocenters. The highest BCUT2D eigenvalue weighted by Crippen LogP contribution is 2.35. The van der Waals surface area contributed by atoms with Gasteiger partial charge in [-0.1, -0.05) is 0 Å². The van der Waals surface area contributed by atoms with Crippen molar-refractivity contribution in [2.75, 3.05) is 18.0 Å². The van der Waals surface area contributed by atoms with Crippen molar-refractivity contribution in [3.63, 3.8) is 0 Å². The van der Waals surface area contributed by atoms with E-state index in [1.165, 1.54) is 17.3 Å². The Bertz CT molecular complexity index is 870. The number of aromatic nitrogens is 1. The summed E-state index contributed by atoms with van der Waals surface area (Å²) in [6, 6.07) is 3.74. The van der Waals surface area contributed by atoms with Crippen molar-refractivity contribution in [2.24, 2.45) is 10.7 Å². The molecule has 0 spiro atoms. The van der Waals surface area contributed by atoms with Crippen LogP contribution < -0.4 is 11.5 Å². The van der Waals surface area contributed by atoms with Crippen LogP contribution >= 0.6 is 12.6 Å². The lowest BCUT2D eigenvalue weighted by molar-refractivity contribution is 0.686. The molecule has 1 aromatic carbocycles. The van der Waals surface area contributed by atoms with Crippen LogP contribution in [0.2, 0.25) is 0 Å². The maximum atomic E-state index is 7.78. The molecule has 1 heterocycles. The summed E-state index contributed by atoms with van der Waals surface area (Å²) in [5.74, 6) is 0.694. The van der Waals surface area contributed by atoms with Crippen LogP contribution in [0.15, 0.2) is 23.3 Å². The van der Waals surface area contributed by atoms with Crippen molar-refractivity contribution >= 4 is 47.2 Å². The van der Waals surface area contributed by atoms with Gasteiger partial charge < -0.3 is 16.9 Å². The number of aliphatic imine (C=N–C) groups is 1. The topological polar surface area (TPSA) is 101 Å². The lowest BCUT2D eigenvalue weighted by Crippen LogP contribution is -2.12. The maximum Gasteiger partial charge on any atom is 0.0774 e. The molecule has 0 fully saturated rings. The van der Waals surface area contributed by atoms with Gasteiger partial charge in [-0.25, -0.2) is 4.98 Å². The lowest BCUT2D eigenvalue weighted by atomic mass is 9.85. The fraction of sp³-hybridized carbons (Fsp3) is 0.316. The minimum atomic E-state index is 0.620. The summed E-state index contributed by atoms with van der Waals surface area (Å²) in [5, 5.41) is 8.79. The van der Waals surface area contributed by atoms with E-state index in [0.29, 0.717) is 18.0 Å². The quantitative estimate of drug-likeness (QED) is 0.377. The molecule has 0 saturated heterocycles. The molecule has 2 aromatic rings. The van der Waals surface area contributed by atoms with Crippen molar-refractivity contribution in [3.8, 4) is 0 Å². The van der Waals surface area contributed by atoms with Gasteiger partial charge in [0, 0.05) is 53.1 Å². The third-order valence-electron chi connectivity index (χ3n) is 4.60. The highest BCUT2D eigenvalue weighted by molar-refractivity contribution is 7.80. The second-order valence-electron chi connectivity index (χ2n) is 6.11. The number of fused-ring (bicyclic) bond motifs is 3. The van der Waals surface area contributed by atoms with Gasteiger partial charge in [-0.3, -0.25) is 4.99 Å². The van der Waals surface area contributed by atoms with Gasteiger partial charge >= 0.3 is 0 Å². The van der Waals surface area contributed by atoms with Crippen LogP contribution in [0.4, 0.5) is 5.69 Å². The van der Waals surface area contributed by atoms with Crippen LogP contribution in [0.25, 0.3) is 16.5 Å². The first-order chi connectivity index (χ1) is 12.2. The Hall–Kier alpha value is -2.34. The maximum absolute atomic E-state index is 7.78. The largest absolute Gasteiger partial charge is 0.404 e. The standard InChI is InChI=1S/C19H23N5S/c20-9-12(11-23-7-8-25)19-14-4-2-1-3-13(14)18-15(10-21)16(22)5-6-17(18)24-19/h5-6,9-11,21,25H,1-4,7-8,20,22H2. The van der Waals surface area contributed by atoms with Crippen LogP contribution in [0.1, 0.15) is 35.2 Å². The van der Waals surface area contributed by atoms with Crippen LogP contribution in [-0.2, 0) is 12.8 Å². The summed E-state index contributed by atoms with van der Waals surface area (Å²) in [5.41, 5.74) is 18.4. The molecule has 1 aliphatic rings. The average Bonchev–Trinajstić information content (AvgIpc) is 2.65. The lowest BCUT2D eigenvalue weighted by Gasteiger charge is -2.22. The molecule has 5 nitrogen and oxygen atoms in total. The first kappa shape index (κ1) is 17.5. The molecule has 0 aliphatic heterocycles. The van der Waals surface area contributed by atoms with E-state index in [1.54, 1.807) is 12.4 Å². The Morgan fingerprint density at radius 2 is 2.04 bits per heavy atom. The minimum Gasteiger partial charge on any atom is -0.404 e. The number of benzene rings is 1. The molecular weight excluding hydrogens is 330 g/mol. The average molecular weight is 353 g/mol. The smallest absolute Gasteiger partial charge is 0.0774 e. The van der Waals surface area contributed by atoms with E-state index in [2.05, 4.69) is 17.6 Å². The number of pyridine rings is 1. The highest BCUT2D eigenvalue weighted by Gasteiger charge is 2.21. The fourth-order valence-corrected chi connectivity index (χ4v) is 3.58. The van der Waals surface area contributed by atoms with E-state index in [-0.39, 0.29) is 0 Å². The van der Waals surface area contributed by atoms with E-state index < -0.39 is 0 Å². The van der Waals surface area contributed by atoms with Gasteiger partial charge in [-0.2, -0.15) is 12.6 Å². The summed E-state index contributed by atoms with van der Waals surface area (Å²) in [4.78, 5) is 9.24. The second kappa shape index (κ2) is 7.70. The Labute approximate surface area is 153 Å². The fourth-order valence-electron chi connectivity index (χ4n) is 3.46. The number of aryl methyl sites for hydroxylation is 1. The molecule has 3 rings (SSSR count). The zero-order chi connectivity index (χ0) is 17.8. The molecular formula is C19H23N5S. The highest BCUT2D eigenvalue weighted by atomic mass is 32.1. The number of hydrogen-bond acceptors (Lipinski definition) is 6. The summed E-state index contributed by atoms with van der Waals surface area (Å²) in [6.07, 6.45) is 8.87. The molecule has 0 radical (unpaired) electrons. The Morgan fingerprint density at radius 3 is 2.72 bits per heavy atom. The number of thiol groups is 1. The normalized spacial score (nSPS) is 14.8. The summed E-state index contributed by atoms with van der Waals surface area (Å²) in [7, 11) is 0. The van der Waals surface area contributed by atoms with Crippen molar-refractivity contribution in [2.45, 2.75) is 25.7 Å². The first-order valence-corrected chi connectivity index (χ1v) is 9.11. The SMILES string of the molecule is N=Cc1c(N)ccc2nc(C(C=NCCS)=CN)c3c(c12)CCCC3. The predicted octanol–water partition coefficient (Wildman–Crippen LogP) is 2.99. The molecule has 0 amide bonds. The van der Waals surface area contributed by atoms with Gasteiger partial charge in [0.1, 0.15) is 0 Å². The number of nitrogens with one attached hydrogen (secondary N) is 1. The van der Waals surface area contributed by atoms with Crippen LogP contribution in [-0.4, -0.2) is 29.7 Å². The van der Waals surface area contributed by atoms with E-state index in [9.17, 15) is 0 Å².